The quantitative estimate of drug-likeness (QED) is 0.563. The van der Waals surface area contributed by atoms with Gasteiger partial charge in [0.2, 0.25) is 6.29 Å². The van der Waals surface area contributed by atoms with Crippen molar-refractivity contribution in [1.82, 2.24) is 5.32 Å². The fourth-order valence-electron chi connectivity index (χ4n) is 2.38. The van der Waals surface area contributed by atoms with Crippen LogP contribution >= 0.6 is 0 Å². The molecule has 0 saturated carbocycles. The van der Waals surface area contributed by atoms with E-state index in [2.05, 4.69) is 5.32 Å². The lowest BCUT2D eigenvalue weighted by Gasteiger charge is -2.35. The number of aliphatic carboxylic acids is 1. The van der Waals surface area contributed by atoms with Crippen molar-refractivity contribution < 1.29 is 34.3 Å². The highest BCUT2D eigenvalue weighted by Gasteiger charge is 2.42. The minimum absolute atomic E-state index is 0.0492. The molecule has 4 atom stereocenters. The van der Waals surface area contributed by atoms with E-state index in [1.807, 2.05) is 13.1 Å². The zero-order chi connectivity index (χ0) is 17.0. The van der Waals surface area contributed by atoms with Gasteiger partial charge in [-0.15, -0.1) is 0 Å². The van der Waals surface area contributed by atoms with Crippen molar-refractivity contribution in [3.8, 4) is 11.5 Å². The highest BCUT2D eigenvalue weighted by atomic mass is 16.7. The third kappa shape index (κ3) is 4.11. The summed E-state index contributed by atoms with van der Waals surface area (Å²) in [5.74, 6) is -0.528. The van der Waals surface area contributed by atoms with Gasteiger partial charge in [0.25, 0.3) is 0 Å². The molecule has 128 valence electrons. The number of benzene rings is 1. The van der Waals surface area contributed by atoms with Crippen molar-refractivity contribution in [3.05, 3.63) is 23.8 Å². The van der Waals surface area contributed by atoms with E-state index >= 15 is 0 Å². The van der Waals surface area contributed by atoms with E-state index in [0.717, 1.165) is 5.56 Å². The number of aliphatic hydroxyl groups is 2. The first-order chi connectivity index (χ1) is 11.0. The molecule has 8 nitrogen and oxygen atoms in total. The van der Waals surface area contributed by atoms with Crippen LogP contribution in [0.5, 0.6) is 11.5 Å². The summed E-state index contributed by atoms with van der Waals surface area (Å²) in [5.41, 5.74) is 0.986. The lowest BCUT2D eigenvalue weighted by atomic mass is 10.0. The second-order valence-electron chi connectivity index (χ2n) is 5.25. The molecule has 4 N–H and O–H groups in total. The van der Waals surface area contributed by atoms with Gasteiger partial charge < -0.3 is 34.8 Å². The van der Waals surface area contributed by atoms with E-state index in [-0.39, 0.29) is 6.42 Å². The Morgan fingerprint density at radius 2 is 2.13 bits per heavy atom. The number of methoxy groups -OCH3 is 1. The second-order valence-corrected chi connectivity index (χ2v) is 5.25. The fourth-order valence-corrected chi connectivity index (χ4v) is 2.38. The lowest BCUT2D eigenvalue weighted by molar-refractivity contribution is -0.228. The lowest BCUT2D eigenvalue weighted by Crippen LogP contribution is -2.53. The van der Waals surface area contributed by atoms with Gasteiger partial charge >= 0.3 is 5.97 Å². The first-order valence-electron chi connectivity index (χ1n) is 7.18. The van der Waals surface area contributed by atoms with E-state index in [0.29, 0.717) is 18.0 Å². The summed E-state index contributed by atoms with van der Waals surface area (Å²) >= 11 is 0. The molecule has 2 rings (SSSR count). The highest BCUT2D eigenvalue weighted by molar-refractivity contribution is 5.73. The van der Waals surface area contributed by atoms with Gasteiger partial charge in [0, 0.05) is 13.0 Å². The minimum atomic E-state index is -1.54. The Kier molecular flexibility index (Phi) is 5.78. The van der Waals surface area contributed by atoms with Crippen LogP contribution in [0, 0.1) is 0 Å². The standard InChI is InChI=1S/C15H21NO7/c1-16-7-8-3-4-10(11(5-8)21-2)22-12-6-9(17)13(18)14(23-12)15(19)20/h3-5,9,12-14,16-18H,6-7H2,1-2H3,(H,19,20)/t9?,12?,13-,14?/m0/s1. The predicted octanol–water partition coefficient (Wildman–Crippen LogP) is -0.285. The number of carboxylic acids is 1. The Bertz CT molecular complexity index is 551. The monoisotopic (exact) mass is 327 g/mol. The molecule has 8 heteroatoms. The van der Waals surface area contributed by atoms with Crippen LogP contribution in [0.4, 0.5) is 0 Å². The van der Waals surface area contributed by atoms with E-state index in [4.69, 9.17) is 19.3 Å². The summed E-state index contributed by atoms with van der Waals surface area (Å²) in [6.07, 6.45) is -5.33. The number of nitrogens with one attached hydrogen (secondary N) is 1. The molecule has 1 aliphatic rings. The Hall–Kier alpha value is -1.87. The van der Waals surface area contributed by atoms with Crippen molar-refractivity contribution in [2.45, 2.75) is 37.6 Å². The van der Waals surface area contributed by atoms with Gasteiger partial charge in [0.15, 0.2) is 17.6 Å². The third-order valence-electron chi connectivity index (χ3n) is 3.55. The van der Waals surface area contributed by atoms with Gasteiger partial charge in [0.05, 0.1) is 13.2 Å². The van der Waals surface area contributed by atoms with Crippen LogP contribution in [0.3, 0.4) is 0 Å². The number of carbonyl (C=O) groups is 1. The molecule has 23 heavy (non-hydrogen) atoms. The van der Waals surface area contributed by atoms with Gasteiger partial charge in [-0.05, 0) is 24.7 Å². The third-order valence-corrected chi connectivity index (χ3v) is 3.55. The van der Waals surface area contributed by atoms with Crippen molar-refractivity contribution in [2.24, 2.45) is 0 Å². The summed E-state index contributed by atoms with van der Waals surface area (Å²) in [6, 6.07) is 5.30. The predicted molar refractivity (Wildman–Crippen MR) is 79.3 cm³/mol. The molecule has 0 spiro atoms. The molecule has 0 aliphatic carbocycles. The van der Waals surface area contributed by atoms with Crippen molar-refractivity contribution >= 4 is 5.97 Å². The van der Waals surface area contributed by atoms with Crippen LogP contribution in [0.1, 0.15) is 12.0 Å². The molecular formula is C15H21NO7. The highest BCUT2D eigenvalue weighted by Crippen LogP contribution is 2.31. The van der Waals surface area contributed by atoms with Crippen molar-refractivity contribution in [2.75, 3.05) is 14.2 Å². The number of rotatable bonds is 6. The summed E-state index contributed by atoms with van der Waals surface area (Å²) in [7, 11) is 3.32. The molecule has 0 bridgehead atoms. The minimum Gasteiger partial charge on any atom is -0.493 e. The molecule has 1 saturated heterocycles. The summed E-state index contributed by atoms with van der Waals surface area (Å²) in [6.45, 7) is 0.655. The molecular weight excluding hydrogens is 306 g/mol. The average Bonchev–Trinajstić information content (AvgIpc) is 2.52. The molecule has 1 heterocycles. The number of hydrogen-bond donors (Lipinski definition) is 4. The zero-order valence-electron chi connectivity index (χ0n) is 12.9. The van der Waals surface area contributed by atoms with Crippen LogP contribution in [-0.2, 0) is 16.1 Å². The van der Waals surface area contributed by atoms with Gasteiger partial charge in [0.1, 0.15) is 6.10 Å². The van der Waals surface area contributed by atoms with E-state index in [1.54, 1.807) is 12.1 Å². The Balaban J connectivity index is 2.13. The Labute approximate surface area is 133 Å². The topological polar surface area (TPSA) is 117 Å². The van der Waals surface area contributed by atoms with Crippen LogP contribution in [0.2, 0.25) is 0 Å². The maximum Gasteiger partial charge on any atom is 0.335 e. The smallest absolute Gasteiger partial charge is 0.335 e. The molecule has 3 unspecified atom stereocenters. The van der Waals surface area contributed by atoms with Gasteiger partial charge in [-0.3, -0.25) is 0 Å². The number of ether oxygens (including phenoxy) is 3. The normalized spacial score (nSPS) is 27.5. The maximum atomic E-state index is 11.1. The Morgan fingerprint density at radius 3 is 2.74 bits per heavy atom. The molecule has 0 radical (unpaired) electrons. The van der Waals surface area contributed by atoms with Gasteiger partial charge in [-0.2, -0.15) is 0 Å². The molecule has 0 amide bonds. The maximum absolute atomic E-state index is 11.1. The van der Waals surface area contributed by atoms with Crippen LogP contribution in [0.15, 0.2) is 18.2 Å². The molecule has 1 aromatic carbocycles. The van der Waals surface area contributed by atoms with Crippen molar-refractivity contribution in [1.29, 1.82) is 0 Å². The Morgan fingerprint density at radius 1 is 1.39 bits per heavy atom. The van der Waals surface area contributed by atoms with E-state index < -0.39 is 30.6 Å². The second kappa shape index (κ2) is 7.60. The summed E-state index contributed by atoms with van der Waals surface area (Å²) in [5, 5.41) is 31.5. The zero-order valence-corrected chi connectivity index (χ0v) is 12.9. The summed E-state index contributed by atoms with van der Waals surface area (Å²) < 4.78 is 16.1. The first kappa shape index (κ1) is 17.5. The average molecular weight is 327 g/mol. The molecule has 0 aromatic heterocycles. The van der Waals surface area contributed by atoms with Crippen LogP contribution in [0.25, 0.3) is 0 Å². The summed E-state index contributed by atoms with van der Waals surface area (Å²) in [4.78, 5) is 11.1. The molecule has 1 aliphatic heterocycles. The number of aliphatic hydroxyl groups excluding tert-OH is 2. The fraction of sp³-hybridized carbons (Fsp3) is 0.533. The number of hydrogen-bond acceptors (Lipinski definition) is 7. The molecule has 1 fully saturated rings. The van der Waals surface area contributed by atoms with E-state index in [1.165, 1.54) is 7.11 Å². The van der Waals surface area contributed by atoms with Gasteiger partial charge in [-0.25, -0.2) is 4.79 Å². The molecule has 1 aromatic rings. The van der Waals surface area contributed by atoms with Crippen molar-refractivity contribution in [3.63, 3.8) is 0 Å². The van der Waals surface area contributed by atoms with Gasteiger partial charge in [-0.1, -0.05) is 6.07 Å². The largest absolute Gasteiger partial charge is 0.493 e. The number of carboxylic acid groups (broad SMARTS) is 1. The van der Waals surface area contributed by atoms with Crippen LogP contribution in [-0.4, -0.2) is 60.0 Å². The van der Waals surface area contributed by atoms with Crippen LogP contribution < -0.4 is 14.8 Å². The SMILES string of the molecule is CNCc1ccc(OC2CC(O)[C@H](O)C(C(=O)O)O2)c(OC)c1. The first-order valence-corrected chi connectivity index (χ1v) is 7.18. The van der Waals surface area contributed by atoms with E-state index in [9.17, 15) is 15.0 Å².